The Morgan fingerprint density at radius 3 is 2.67 bits per heavy atom. The lowest BCUT2D eigenvalue weighted by atomic mass is 10.1. The van der Waals surface area contributed by atoms with Gasteiger partial charge in [-0.05, 0) is 24.1 Å². The summed E-state index contributed by atoms with van der Waals surface area (Å²) in [6.07, 6.45) is 0.791. The maximum atomic E-state index is 13.5. The zero-order valence-electron chi connectivity index (χ0n) is 10.6. The fourth-order valence-electron chi connectivity index (χ4n) is 1.42. The molecule has 5 heteroatoms. The van der Waals surface area contributed by atoms with Crippen LogP contribution in [0.4, 0.5) is 4.39 Å². The summed E-state index contributed by atoms with van der Waals surface area (Å²) in [5.41, 5.74) is 0.609. The lowest BCUT2D eigenvalue weighted by molar-refractivity contribution is 0.0595. The maximum Gasteiger partial charge on any atom is 0.340 e. The van der Waals surface area contributed by atoms with Crippen molar-refractivity contribution in [1.29, 1.82) is 0 Å². The van der Waals surface area contributed by atoms with Crippen LogP contribution in [0.15, 0.2) is 18.2 Å². The van der Waals surface area contributed by atoms with Gasteiger partial charge in [-0.1, -0.05) is 6.07 Å². The highest BCUT2D eigenvalue weighted by atomic mass is 19.1. The number of hydrogen-bond donors (Lipinski definition) is 0. The molecule has 0 heterocycles. The minimum atomic E-state index is -0.680. The molecular formula is C13H17FO4. The summed E-state index contributed by atoms with van der Waals surface area (Å²) in [5, 5.41) is 0. The molecule has 0 spiro atoms. The van der Waals surface area contributed by atoms with E-state index in [-0.39, 0.29) is 5.56 Å². The molecule has 1 rings (SSSR count). The van der Waals surface area contributed by atoms with Crippen molar-refractivity contribution in [2.24, 2.45) is 0 Å². The van der Waals surface area contributed by atoms with Crippen molar-refractivity contribution in [3.8, 4) is 0 Å². The summed E-state index contributed by atoms with van der Waals surface area (Å²) in [5.74, 6) is -1.28. The molecule has 1 aromatic carbocycles. The van der Waals surface area contributed by atoms with Crippen LogP contribution in [0, 0.1) is 5.82 Å². The lowest BCUT2D eigenvalue weighted by Crippen LogP contribution is -2.05. The largest absolute Gasteiger partial charge is 0.465 e. The third-order valence-corrected chi connectivity index (χ3v) is 2.34. The average molecular weight is 256 g/mol. The Balaban J connectivity index is 2.49. The second-order valence-corrected chi connectivity index (χ2v) is 3.70. The molecule has 0 N–H and O–H groups in total. The van der Waals surface area contributed by atoms with Crippen LogP contribution < -0.4 is 0 Å². The summed E-state index contributed by atoms with van der Waals surface area (Å²) in [6, 6.07) is 4.32. The molecule has 0 aliphatic rings. The first-order valence-corrected chi connectivity index (χ1v) is 5.62. The lowest BCUT2D eigenvalue weighted by Gasteiger charge is -2.06. The molecule has 0 amide bonds. The summed E-state index contributed by atoms with van der Waals surface area (Å²) in [4.78, 5) is 11.2. The maximum absolute atomic E-state index is 13.5. The fourth-order valence-corrected chi connectivity index (χ4v) is 1.42. The highest BCUT2D eigenvalue weighted by Gasteiger charge is 2.12. The molecule has 0 saturated carbocycles. The summed E-state index contributed by atoms with van der Waals surface area (Å²) in [6.45, 7) is 1.49. The van der Waals surface area contributed by atoms with Gasteiger partial charge in [0.05, 0.1) is 19.3 Å². The molecule has 0 aliphatic heterocycles. The molecule has 0 atom stereocenters. The quantitative estimate of drug-likeness (QED) is 0.554. The molecule has 0 unspecified atom stereocenters. The topological polar surface area (TPSA) is 44.8 Å². The smallest absolute Gasteiger partial charge is 0.340 e. The van der Waals surface area contributed by atoms with Crippen molar-refractivity contribution in [3.63, 3.8) is 0 Å². The second-order valence-electron chi connectivity index (χ2n) is 3.70. The Hall–Kier alpha value is -1.46. The zero-order valence-corrected chi connectivity index (χ0v) is 10.6. The first-order valence-electron chi connectivity index (χ1n) is 5.62. The molecule has 0 radical (unpaired) electrons. The van der Waals surface area contributed by atoms with E-state index in [0.717, 1.165) is 6.42 Å². The highest BCUT2D eigenvalue weighted by molar-refractivity contribution is 5.89. The van der Waals surface area contributed by atoms with Gasteiger partial charge in [0.15, 0.2) is 0 Å². The van der Waals surface area contributed by atoms with E-state index in [9.17, 15) is 9.18 Å². The van der Waals surface area contributed by atoms with Gasteiger partial charge in [0.1, 0.15) is 5.82 Å². The molecule has 1 aromatic rings. The van der Waals surface area contributed by atoms with Crippen LogP contribution >= 0.6 is 0 Å². The molecule has 0 saturated heterocycles. The van der Waals surface area contributed by atoms with Crippen molar-refractivity contribution in [3.05, 3.63) is 35.1 Å². The van der Waals surface area contributed by atoms with Gasteiger partial charge < -0.3 is 14.2 Å². The summed E-state index contributed by atoms with van der Waals surface area (Å²) < 4.78 is 28.2. The van der Waals surface area contributed by atoms with E-state index in [0.29, 0.717) is 25.4 Å². The predicted octanol–water partition coefficient (Wildman–Crippen LogP) is 2.17. The third kappa shape index (κ3) is 4.43. The monoisotopic (exact) mass is 256 g/mol. The number of ether oxygens (including phenoxy) is 3. The van der Waals surface area contributed by atoms with Gasteiger partial charge in [-0.25, -0.2) is 9.18 Å². The number of hydrogen-bond acceptors (Lipinski definition) is 4. The third-order valence-electron chi connectivity index (χ3n) is 2.34. The molecular weight excluding hydrogens is 239 g/mol. The number of rotatable bonds is 7. The number of methoxy groups -OCH3 is 2. The minimum absolute atomic E-state index is 0.0689. The Bertz CT molecular complexity index is 393. The van der Waals surface area contributed by atoms with Gasteiger partial charge in [-0.15, -0.1) is 0 Å². The van der Waals surface area contributed by atoms with Crippen LogP contribution in [0.3, 0.4) is 0 Å². The normalized spacial score (nSPS) is 10.4. The van der Waals surface area contributed by atoms with Gasteiger partial charge in [-0.3, -0.25) is 0 Å². The number of carbonyl (C=O) groups is 1. The first-order chi connectivity index (χ1) is 8.69. The van der Waals surface area contributed by atoms with E-state index < -0.39 is 11.8 Å². The molecule has 4 nitrogen and oxygen atoms in total. The van der Waals surface area contributed by atoms with Crippen LogP contribution in [0.25, 0.3) is 0 Å². The number of halogens is 1. The SMILES string of the molecule is COCCCOCc1ccc(C(=O)OC)c(F)c1. The van der Waals surface area contributed by atoms with Crippen LogP contribution in [0.2, 0.25) is 0 Å². The van der Waals surface area contributed by atoms with Crippen molar-refractivity contribution < 1.29 is 23.4 Å². The van der Waals surface area contributed by atoms with Gasteiger partial charge in [0.2, 0.25) is 0 Å². The van der Waals surface area contributed by atoms with Crippen molar-refractivity contribution in [2.75, 3.05) is 27.4 Å². The summed E-state index contributed by atoms with van der Waals surface area (Å²) in [7, 11) is 2.84. The average Bonchev–Trinajstić information content (AvgIpc) is 2.38. The zero-order chi connectivity index (χ0) is 13.4. The minimum Gasteiger partial charge on any atom is -0.465 e. The van der Waals surface area contributed by atoms with Gasteiger partial charge in [0, 0.05) is 20.3 Å². The van der Waals surface area contributed by atoms with E-state index in [1.165, 1.54) is 19.2 Å². The van der Waals surface area contributed by atoms with Crippen LogP contribution in [-0.2, 0) is 20.8 Å². The van der Waals surface area contributed by atoms with Crippen LogP contribution in [0.5, 0.6) is 0 Å². The molecule has 18 heavy (non-hydrogen) atoms. The molecule has 0 aromatic heterocycles. The first kappa shape index (κ1) is 14.6. The standard InChI is InChI=1S/C13H17FO4/c1-16-6-3-7-18-9-10-4-5-11(12(14)8-10)13(15)17-2/h4-5,8H,3,6-7,9H2,1-2H3. The summed E-state index contributed by atoms with van der Waals surface area (Å²) >= 11 is 0. The van der Waals surface area contributed by atoms with Crippen LogP contribution in [0.1, 0.15) is 22.3 Å². The Morgan fingerprint density at radius 1 is 1.28 bits per heavy atom. The molecule has 0 bridgehead atoms. The van der Waals surface area contributed by atoms with Gasteiger partial charge in [0.25, 0.3) is 0 Å². The van der Waals surface area contributed by atoms with Crippen molar-refractivity contribution in [1.82, 2.24) is 0 Å². The molecule has 100 valence electrons. The van der Waals surface area contributed by atoms with Gasteiger partial charge in [-0.2, -0.15) is 0 Å². The van der Waals surface area contributed by atoms with E-state index >= 15 is 0 Å². The number of esters is 1. The Labute approximate surface area is 106 Å². The number of carbonyl (C=O) groups excluding carboxylic acids is 1. The van der Waals surface area contributed by atoms with Crippen LogP contribution in [-0.4, -0.2) is 33.4 Å². The van der Waals surface area contributed by atoms with Gasteiger partial charge >= 0.3 is 5.97 Å². The number of benzene rings is 1. The van der Waals surface area contributed by atoms with Crippen molar-refractivity contribution in [2.45, 2.75) is 13.0 Å². The van der Waals surface area contributed by atoms with E-state index in [4.69, 9.17) is 9.47 Å². The predicted molar refractivity (Wildman–Crippen MR) is 63.9 cm³/mol. The Kier molecular flexibility index (Phi) is 6.32. The van der Waals surface area contributed by atoms with Crippen molar-refractivity contribution >= 4 is 5.97 Å². The van der Waals surface area contributed by atoms with E-state index in [1.807, 2.05) is 0 Å². The molecule has 0 aliphatic carbocycles. The fraction of sp³-hybridized carbons (Fsp3) is 0.462. The van der Waals surface area contributed by atoms with E-state index in [2.05, 4.69) is 4.74 Å². The molecule has 0 fully saturated rings. The highest BCUT2D eigenvalue weighted by Crippen LogP contribution is 2.12. The second kappa shape index (κ2) is 7.79. The van der Waals surface area contributed by atoms with E-state index in [1.54, 1.807) is 13.2 Å². The Morgan fingerprint density at radius 2 is 2.06 bits per heavy atom.